The van der Waals surface area contributed by atoms with Crippen LogP contribution < -0.4 is 10.6 Å². The minimum Gasteiger partial charge on any atom is -0.383 e. The van der Waals surface area contributed by atoms with Crippen molar-refractivity contribution in [2.45, 2.75) is 41.4 Å². The van der Waals surface area contributed by atoms with Gasteiger partial charge in [0.15, 0.2) is 5.96 Å². The smallest absolute Gasteiger partial charge is 0.191 e. The van der Waals surface area contributed by atoms with Crippen LogP contribution in [0.2, 0.25) is 0 Å². The Morgan fingerprint density at radius 2 is 2.12 bits per heavy atom. The summed E-state index contributed by atoms with van der Waals surface area (Å²) in [6.45, 7) is 4.92. The average Bonchev–Trinajstić information content (AvgIpc) is 3.28. The molecule has 0 spiro atoms. The van der Waals surface area contributed by atoms with E-state index in [0.717, 1.165) is 32.2 Å². The van der Waals surface area contributed by atoms with Gasteiger partial charge in [0.1, 0.15) is 0 Å². The van der Waals surface area contributed by atoms with Crippen LogP contribution >= 0.6 is 11.8 Å². The van der Waals surface area contributed by atoms with Gasteiger partial charge in [0, 0.05) is 49.5 Å². The number of guanidine groups is 1. The lowest BCUT2D eigenvalue weighted by molar-refractivity contribution is 0.141. The molecule has 144 valence electrons. The third kappa shape index (κ3) is 5.63. The van der Waals surface area contributed by atoms with Gasteiger partial charge in [0.2, 0.25) is 0 Å². The fourth-order valence-electron chi connectivity index (χ4n) is 3.50. The summed E-state index contributed by atoms with van der Waals surface area (Å²) in [4.78, 5) is 8.30. The van der Waals surface area contributed by atoms with Crippen LogP contribution in [0.3, 0.4) is 0 Å². The van der Waals surface area contributed by atoms with Crippen LogP contribution in [0.4, 0.5) is 0 Å². The summed E-state index contributed by atoms with van der Waals surface area (Å²) in [6.07, 6.45) is 5.06. The Morgan fingerprint density at radius 1 is 1.31 bits per heavy atom. The number of hydrogen-bond donors (Lipinski definition) is 2. The second-order valence-corrected chi connectivity index (χ2v) is 8.77. The molecule has 1 aromatic carbocycles. The van der Waals surface area contributed by atoms with Gasteiger partial charge in [-0.3, -0.25) is 9.89 Å². The van der Waals surface area contributed by atoms with Gasteiger partial charge in [-0.05, 0) is 44.4 Å². The fourth-order valence-corrected chi connectivity index (χ4v) is 4.75. The number of nitrogens with one attached hydrogen (secondary N) is 2. The molecule has 1 aliphatic heterocycles. The first-order chi connectivity index (χ1) is 12.7. The Labute approximate surface area is 162 Å². The highest BCUT2D eigenvalue weighted by Gasteiger charge is 2.43. The van der Waals surface area contributed by atoms with Crippen LogP contribution in [0.5, 0.6) is 0 Å². The topological polar surface area (TPSA) is 48.9 Å². The van der Waals surface area contributed by atoms with Gasteiger partial charge in [0.25, 0.3) is 0 Å². The Kier molecular flexibility index (Phi) is 7.23. The molecule has 1 atom stereocenters. The van der Waals surface area contributed by atoms with Crippen molar-refractivity contribution < 1.29 is 4.74 Å². The normalized spacial score (nSPS) is 22.4. The minimum absolute atomic E-state index is 0.330. The van der Waals surface area contributed by atoms with Crippen LogP contribution in [-0.2, 0) is 4.74 Å². The van der Waals surface area contributed by atoms with Crippen LogP contribution in [-0.4, -0.2) is 68.6 Å². The number of methoxy groups -OCH3 is 1. The molecule has 2 aliphatic rings. The number of nitrogens with zero attached hydrogens (tertiary/aromatic N) is 2. The van der Waals surface area contributed by atoms with E-state index in [4.69, 9.17) is 4.74 Å². The maximum Gasteiger partial charge on any atom is 0.191 e. The SMILES string of the molecule is CN=C(NCC1CCCN1CCOC)NCC1(Sc2ccccc2)CC1. The average molecular weight is 377 g/mol. The first kappa shape index (κ1) is 19.5. The summed E-state index contributed by atoms with van der Waals surface area (Å²) in [5.74, 6) is 0.920. The maximum absolute atomic E-state index is 5.23. The summed E-state index contributed by atoms with van der Waals surface area (Å²) in [7, 11) is 3.63. The maximum atomic E-state index is 5.23. The van der Waals surface area contributed by atoms with E-state index < -0.39 is 0 Å². The Morgan fingerprint density at radius 3 is 2.81 bits per heavy atom. The van der Waals surface area contributed by atoms with E-state index in [1.807, 2.05) is 18.8 Å². The van der Waals surface area contributed by atoms with Crippen LogP contribution in [0.25, 0.3) is 0 Å². The predicted molar refractivity (Wildman–Crippen MR) is 110 cm³/mol. The monoisotopic (exact) mass is 376 g/mol. The van der Waals surface area contributed by atoms with Crippen molar-refractivity contribution in [3.8, 4) is 0 Å². The molecule has 6 heteroatoms. The van der Waals surface area contributed by atoms with Crippen LogP contribution in [0.1, 0.15) is 25.7 Å². The zero-order chi connectivity index (χ0) is 18.2. The first-order valence-electron chi connectivity index (χ1n) is 9.66. The number of rotatable bonds is 9. The van der Waals surface area contributed by atoms with Gasteiger partial charge >= 0.3 is 0 Å². The molecular formula is C20H32N4OS. The number of hydrogen-bond acceptors (Lipinski definition) is 4. The third-order valence-corrected chi connectivity index (χ3v) is 6.77. The molecule has 1 heterocycles. The Bertz CT molecular complexity index is 576. The molecule has 0 aromatic heterocycles. The van der Waals surface area contributed by atoms with Crippen molar-refractivity contribution in [1.82, 2.24) is 15.5 Å². The summed E-state index contributed by atoms with van der Waals surface area (Å²) in [6, 6.07) is 11.3. The first-order valence-corrected chi connectivity index (χ1v) is 10.5. The quantitative estimate of drug-likeness (QED) is 0.512. The summed E-state index contributed by atoms with van der Waals surface area (Å²) >= 11 is 1.99. The minimum atomic E-state index is 0.330. The van der Waals surface area contributed by atoms with Crippen molar-refractivity contribution in [1.29, 1.82) is 0 Å². The van der Waals surface area contributed by atoms with E-state index in [9.17, 15) is 0 Å². The highest BCUT2D eigenvalue weighted by Crippen LogP contribution is 2.51. The van der Waals surface area contributed by atoms with E-state index in [1.165, 1.54) is 37.1 Å². The predicted octanol–water partition coefficient (Wildman–Crippen LogP) is 2.59. The molecule has 0 bridgehead atoms. The molecule has 1 saturated heterocycles. The van der Waals surface area contributed by atoms with E-state index >= 15 is 0 Å². The molecular weight excluding hydrogens is 344 g/mol. The molecule has 1 unspecified atom stereocenters. The second-order valence-electron chi connectivity index (χ2n) is 7.23. The number of ether oxygens (including phenoxy) is 1. The molecule has 2 fully saturated rings. The van der Waals surface area contributed by atoms with Gasteiger partial charge in [-0.1, -0.05) is 18.2 Å². The van der Waals surface area contributed by atoms with Gasteiger partial charge in [-0.25, -0.2) is 0 Å². The van der Waals surface area contributed by atoms with Crippen molar-refractivity contribution in [2.24, 2.45) is 4.99 Å². The standard InChI is InChI=1S/C20H32N4OS/c1-21-19(22-15-17-7-6-12-24(17)13-14-25-2)23-16-20(10-11-20)26-18-8-4-3-5-9-18/h3-5,8-9,17H,6-7,10-16H2,1-2H3,(H2,21,22,23). The van der Waals surface area contributed by atoms with Gasteiger partial charge in [-0.15, -0.1) is 11.8 Å². The summed E-state index contributed by atoms with van der Waals surface area (Å²) < 4.78 is 5.56. The highest BCUT2D eigenvalue weighted by atomic mass is 32.2. The van der Waals surface area contributed by atoms with E-state index in [2.05, 4.69) is 50.9 Å². The zero-order valence-electron chi connectivity index (χ0n) is 16.0. The number of thioether (sulfide) groups is 1. The van der Waals surface area contributed by atoms with Crippen molar-refractivity contribution in [3.05, 3.63) is 30.3 Å². The summed E-state index contributed by atoms with van der Waals surface area (Å²) in [5, 5.41) is 7.08. The van der Waals surface area contributed by atoms with E-state index in [0.29, 0.717) is 10.8 Å². The molecule has 3 rings (SSSR count). The highest BCUT2D eigenvalue weighted by molar-refractivity contribution is 8.01. The Balaban J connectivity index is 1.42. The summed E-state index contributed by atoms with van der Waals surface area (Å²) in [5.41, 5.74) is 0. The molecule has 0 amide bonds. The molecule has 0 radical (unpaired) electrons. The number of likely N-dealkylation sites (tertiary alicyclic amines) is 1. The zero-order valence-corrected chi connectivity index (χ0v) is 16.9. The molecule has 1 aliphatic carbocycles. The van der Waals surface area contributed by atoms with Gasteiger partial charge in [-0.2, -0.15) is 0 Å². The molecule has 1 saturated carbocycles. The van der Waals surface area contributed by atoms with E-state index in [-0.39, 0.29) is 0 Å². The van der Waals surface area contributed by atoms with Crippen molar-refractivity contribution >= 4 is 17.7 Å². The Hall–Kier alpha value is -1.24. The van der Waals surface area contributed by atoms with Gasteiger partial charge < -0.3 is 15.4 Å². The van der Waals surface area contributed by atoms with Gasteiger partial charge in [0.05, 0.1) is 6.61 Å². The number of benzene rings is 1. The molecule has 26 heavy (non-hydrogen) atoms. The second kappa shape index (κ2) is 9.62. The van der Waals surface area contributed by atoms with Crippen molar-refractivity contribution in [3.63, 3.8) is 0 Å². The van der Waals surface area contributed by atoms with E-state index in [1.54, 1.807) is 7.11 Å². The van der Waals surface area contributed by atoms with Crippen LogP contribution in [0.15, 0.2) is 40.2 Å². The van der Waals surface area contributed by atoms with Crippen LogP contribution in [0, 0.1) is 0 Å². The van der Waals surface area contributed by atoms with Crippen molar-refractivity contribution in [2.75, 3.05) is 46.9 Å². The molecule has 2 N–H and O–H groups in total. The largest absolute Gasteiger partial charge is 0.383 e. The molecule has 1 aromatic rings. The lowest BCUT2D eigenvalue weighted by Gasteiger charge is -2.25. The number of aliphatic imine (C=N–C) groups is 1. The fraction of sp³-hybridized carbons (Fsp3) is 0.650. The lowest BCUT2D eigenvalue weighted by atomic mass is 10.2. The molecule has 5 nitrogen and oxygen atoms in total. The third-order valence-electron chi connectivity index (χ3n) is 5.27. The lowest BCUT2D eigenvalue weighted by Crippen LogP contribution is -2.47.